The van der Waals surface area contributed by atoms with Crippen molar-refractivity contribution in [3.05, 3.63) is 41.1 Å². The van der Waals surface area contributed by atoms with Crippen LogP contribution in [0.5, 0.6) is 0 Å². The zero-order valence-electron chi connectivity index (χ0n) is 13.8. The minimum absolute atomic E-state index is 0.850. The number of aromatic nitrogens is 2. The van der Waals surface area contributed by atoms with Crippen LogP contribution in [0.15, 0.2) is 24.3 Å². The average Bonchev–Trinajstić information content (AvgIpc) is 2.78. The van der Waals surface area contributed by atoms with E-state index in [9.17, 15) is 0 Å². The van der Waals surface area contributed by atoms with Crippen LogP contribution in [-0.2, 0) is 20.0 Å². The first-order valence-electron chi connectivity index (χ1n) is 7.64. The first-order chi connectivity index (χ1) is 10.1. The van der Waals surface area contributed by atoms with E-state index in [-0.39, 0.29) is 0 Å². The monoisotopic (exact) mass is 286 g/mol. The summed E-state index contributed by atoms with van der Waals surface area (Å²) in [6.45, 7) is 8.19. The van der Waals surface area contributed by atoms with Crippen LogP contribution in [0, 0.1) is 6.92 Å². The predicted octanol–water partition coefficient (Wildman–Crippen LogP) is 3.17. The van der Waals surface area contributed by atoms with Gasteiger partial charge in [-0.05, 0) is 37.6 Å². The Balaban J connectivity index is 2.34. The molecule has 0 aliphatic rings. The standard InChI is InChI=1S/C17H26N4/c1-6-14-8-10-15(11-9-14)20(4)17-16(12-18-7-2)13(3)19-21(17)5/h8-11,18H,6-7,12H2,1-5H3. The Bertz CT molecular complexity index is 584. The third kappa shape index (κ3) is 3.27. The summed E-state index contributed by atoms with van der Waals surface area (Å²) in [7, 11) is 4.11. The zero-order chi connectivity index (χ0) is 15.4. The van der Waals surface area contributed by atoms with Gasteiger partial charge in [-0.25, -0.2) is 0 Å². The highest BCUT2D eigenvalue weighted by atomic mass is 15.4. The quantitative estimate of drug-likeness (QED) is 0.885. The smallest absolute Gasteiger partial charge is 0.135 e. The molecule has 0 unspecified atom stereocenters. The molecule has 1 aromatic carbocycles. The minimum atomic E-state index is 0.850. The maximum atomic E-state index is 4.58. The molecule has 0 atom stereocenters. The van der Waals surface area contributed by atoms with E-state index in [4.69, 9.17) is 0 Å². The molecule has 1 heterocycles. The lowest BCUT2D eigenvalue weighted by molar-refractivity contribution is 0.721. The number of nitrogens with zero attached hydrogens (tertiary/aromatic N) is 3. The molecule has 2 aromatic rings. The molecule has 1 N–H and O–H groups in total. The van der Waals surface area contributed by atoms with Gasteiger partial charge in [-0.3, -0.25) is 4.68 Å². The number of rotatable bonds is 6. The molecular weight excluding hydrogens is 260 g/mol. The summed E-state index contributed by atoms with van der Waals surface area (Å²) < 4.78 is 1.97. The fraction of sp³-hybridized carbons (Fsp3) is 0.471. The van der Waals surface area contributed by atoms with E-state index in [2.05, 4.69) is 67.4 Å². The number of anilines is 2. The van der Waals surface area contributed by atoms with Crippen LogP contribution in [0.4, 0.5) is 11.5 Å². The van der Waals surface area contributed by atoms with E-state index in [1.54, 1.807) is 0 Å². The lowest BCUT2D eigenvalue weighted by Crippen LogP contribution is -2.18. The van der Waals surface area contributed by atoms with Crippen molar-refractivity contribution in [2.45, 2.75) is 33.7 Å². The molecule has 4 heteroatoms. The molecule has 0 bridgehead atoms. The lowest BCUT2D eigenvalue weighted by atomic mass is 10.1. The Kier molecular flexibility index (Phi) is 5.02. The van der Waals surface area contributed by atoms with E-state index in [0.29, 0.717) is 0 Å². The Morgan fingerprint density at radius 2 is 1.86 bits per heavy atom. The highest BCUT2D eigenvalue weighted by Crippen LogP contribution is 2.28. The number of aryl methyl sites for hydroxylation is 3. The fourth-order valence-corrected chi connectivity index (χ4v) is 2.64. The van der Waals surface area contributed by atoms with Gasteiger partial charge in [0.1, 0.15) is 5.82 Å². The first kappa shape index (κ1) is 15.6. The van der Waals surface area contributed by atoms with Crippen LogP contribution >= 0.6 is 0 Å². The van der Waals surface area contributed by atoms with Gasteiger partial charge in [0.05, 0.1) is 5.69 Å². The van der Waals surface area contributed by atoms with Crippen molar-refractivity contribution in [2.24, 2.45) is 7.05 Å². The van der Waals surface area contributed by atoms with Crippen LogP contribution in [0.1, 0.15) is 30.7 Å². The summed E-state index contributed by atoms with van der Waals surface area (Å²) in [5.41, 5.74) is 4.90. The summed E-state index contributed by atoms with van der Waals surface area (Å²) in [6.07, 6.45) is 1.07. The van der Waals surface area contributed by atoms with Gasteiger partial charge in [0.15, 0.2) is 0 Å². The Hall–Kier alpha value is -1.81. The Morgan fingerprint density at radius 1 is 1.19 bits per heavy atom. The van der Waals surface area contributed by atoms with Gasteiger partial charge in [0, 0.05) is 31.9 Å². The molecule has 0 spiro atoms. The SMILES string of the molecule is CCNCc1c(C)nn(C)c1N(C)c1ccc(CC)cc1. The number of hydrogen-bond acceptors (Lipinski definition) is 3. The molecule has 21 heavy (non-hydrogen) atoms. The molecule has 0 saturated carbocycles. The van der Waals surface area contributed by atoms with E-state index >= 15 is 0 Å². The predicted molar refractivity (Wildman–Crippen MR) is 89.2 cm³/mol. The van der Waals surface area contributed by atoms with Crippen molar-refractivity contribution in [3.63, 3.8) is 0 Å². The van der Waals surface area contributed by atoms with Crippen molar-refractivity contribution >= 4 is 11.5 Å². The molecule has 2 rings (SSSR count). The lowest BCUT2D eigenvalue weighted by Gasteiger charge is -2.21. The summed E-state index contributed by atoms with van der Waals surface area (Å²) in [5.74, 6) is 1.15. The summed E-state index contributed by atoms with van der Waals surface area (Å²) in [6, 6.07) is 8.74. The third-order valence-electron chi connectivity index (χ3n) is 3.91. The summed E-state index contributed by atoms with van der Waals surface area (Å²) >= 11 is 0. The Labute approximate surface area is 127 Å². The van der Waals surface area contributed by atoms with Crippen molar-refractivity contribution < 1.29 is 0 Å². The largest absolute Gasteiger partial charge is 0.329 e. The van der Waals surface area contributed by atoms with Gasteiger partial charge in [0.2, 0.25) is 0 Å². The maximum Gasteiger partial charge on any atom is 0.135 e. The molecule has 0 amide bonds. The van der Waals surface area contributed by atoms with Gasteiger partial charge in [-0.1, -0.05) is 26.0 Å². The first-order valence-corrected chi connectivity index (χ1v) is 7.64. The molecule has 0 aliphatic heterocycles. The fourth-order valence-electron chi connectivity index (χ4n) is 2.64. The molecule has 114 valence electrons. The van der Waals surface area contributed by atoms with E-state index in [0.717, 1.165) is 31.0 Å². The number of hydrogen-bond donors (Lipinski definition) is 1. The molecule has 0 aliphatic carbocycles. The Morgan fingerprint density at radius 3 is 2.43 bits per heavy atom. The second-order valence-corrected chi connectivity index (χ2v) is 5.37. The van der Waals surface area contributed by atoms with Gasteiger partial charge in [0.25, 0.3) is 0 Å². The average molecular weight is 286 g/mol. The molecule has 1 aromatic heterocycles. The highest BCUT2D eigenvalue weighted by Gasteiger charge is 2.17. The normalized spacial score (nSPS) is 10.9. The van der Waals surface area contributed by atoms with Crippen molar-refractivity contribution in [2.75, 3.05) is 18.5 Å². The minimum Gasteiger partial charge on any atom is -0.329 e. The van der Waals surface area contributed by atoms with Crippen LogP contribution in [-0.4, -0.2) is 23.4 Å². The molecular formula is C17H26N4. The van der Waals surface area contributed by atoms with Gasteiger partial charge in [-0.15, -0.1) is 0 Å². The van der Waals surface area contributed by atoms with Crippen molar-refractivity contribution in [3.8, 4) is 0 Å². The van der Waals surface area contributed by atoms with Crippen LogP contribution in [0.2, 0.25) is 0 Å². The highest BCUT2D eigenvalue weighted by molar-refractivity contribution is 5.63. The van der Waals surface area contributed by atoms with Gasteiger partial charge in [-0.2, -0.15) is 5.10 Å². The van der Waals surface area contributed by atoms with Gasteiger partial charge >= 0.3 is 0 Å². The van der Waals surface area contributed by atoms with E-state index in [1.807, 2.05) is 11.7 Å². The summed E-state index contributed by atoms with van der Waals surface area (Å²) in [4.78, 5) is 2.21. The summed E-state index contributed by atoms with van der Waals surface area (Å²) in [5, 5.41) is 7.98. The van der Waals surface area contributed by atoms with Crippen molar-refractivity contribution in [1.29, 1.82) is 0 Å². The van der Waals surface area contributed by atoms with Crippen LogP contribution in [0.3, 0.4) is 0 Å². The zero-order valence-corrected chi connectivity index (χ0v) is 13.8. The van der Waals surface area contributed by atoms with Crippen LogP contribution in [0.25, 0.3) is 0 Å². The number of nitrogens with one attached hydrogen (secondary N) is 1. The topological polar surface area (TPSA) is 33.1 Å². The second kappa shape index (κ2) is 6.76. The third-order valence-corrected chi connectivity index (χ3v) is 3.91. The molecule has 0 radical (unpaired) electrons. The van der Waals surface area contributed by atoms with Gasteiger partial charge < -0.3 is 10.2 Å². The maximum absolute atomic E-state index is 4.58. The second-order valence-electron chi connectivity index (χ2n) is 5.37. The van der Waals surface area contributed by atoms with E-state index < -0.39 is 0 Å². The molecule has 0 saturated heterocycles. The van der Waals surface area contributed by atoms with Crippen LogP contribution < -0.4 is 10.2 Å². The number of benzene rings is 1. The molecule has 4 nitrogen and oxygen atoms in total. The molecule has 0 fully saturated rings. The van der Waals surface area contributed by atoms with Crippen molar-refractivity contribution in [1.82, 2.24) is 15.1 Å². The van der Waals surface area contributed by atoms with E-state index in [1.165, 1.54) is 16.8 Å².